The van der Waals surface area contributed by atoms with Crippen LogP contribution in [0.4, 0.5) is 9.93 Å². The van der Waals surface area contributed by atoms with Gasteiger partial charge in [-0.1, -0.05) is 18.3 Å². The summed E-state index contributed by atoms with van der Waals surface area (Å²) in [7, 11) is 0. The van der Waals surface area contributed by atoms with E-state index in [1.807, 2.05) is 32.6 Å². The monoisotopic (exact) mass is 327 g/mol. The third-order valence-corrected chi connectivity index (χ3v) is 4.23. The second kappa shape index (κ2) is 6.12. The van der Waals surface area contributed by atoms with Gasteiger partial charge < -0.3 is 20.1 Å². The fourth-order valence-corrected chi connectivity index (χ4v) is 3.09. The van der Waals surface area contributed by atoms with Crippen molar-refractivity contribution in [2.24, 2.45) is 0 Å². The number of hydrogen-bond donors (Lipinski definition) is 2. The second-order valence-corrected chi connectivity index (χ2v) is 7.16. The summed E-state index contributed by atoms with van der Waals surface area (Å²) in [5.74, 6) is -0.940. The van der Waals surface area contributed by atoms with Crippen LogP contribution >= 0.6 is 11.3 Å². The van der Waals surface area contributed by atoms with Crippen molar-refractivity contribution in [1.82, 2.24) is 10.3 Å². The Hall–Kier alpha value is -1.83. The number of nitrogens with one attached hydrogen (secondary N) is 1. The number of amides is 1. The van der Waals surface area contributed by atoms with Gasteiger partial charge in [0, 0.05) is 13.1 Å². The maximum Gasteiger partial charge on any atom is 0.407 e. The highest BCUT2D eigenvalue weighted by molar-refractivity contribution is 7.17. The average molecular weight is 327 g/mol. The predicted molar refractivity (Wildman–Crippen MR) is 83.8 cm³/mol. The fraction of sp³-hybridized carbons (Fsp3) is 0.643. The molecule has 1 amide bonds. The van der Waals surface area contributed by atoms with Gasteiger partial charge >= 0.3 is 12.1 Å². The normalized spacial score (nSPS) is 15.4. The average Bonchev–Trinajstić information content (AvgIpc) is 2.74. The zero-order valence-corrected chi connectivity index (χ0v) is 14.0. The van der Waals surface area contributed by atoms with Crippen LogP contribution in [-0.2, 0) is 11.2 Å². The van der Waals surface area contributed by atoms with Gasteiger partial charge in [-0.2, -0.15) is 0 Å². The van der Waals surface area contributed by atoms with Gasteiger partial charge in [0.05, 0.1) is 11.7 Å². The fourth-order valence-electron chi connectivity index (χ4n) is 2.08. The topological polar surface area (TPSA) is 91.8 Å². The van der Waals surface area contributed by atoms with Gasteiger partial charge in [0.2, 0.25) is 0 Å². The molecule has 0 aromatic carbocycles. The number of nitrogens with zero attached hydrogens (tertiary/aromatic N) is 2. The van der Waals surface area contributed by atoms with Crippen LogP contribution in [-0.4, -0.2) is 46.9 Å². The second-order valence-electron chi connectivity index (χ2n) is 6.18. The summed E-state index contributed by atoms with van der Waals surface area (Å²) in [5, 5.41) is 12.6. The van der Waals surface area contributed by atoms with E-state index in [2.05, 4.69) is 10.3 Å². The number of rotatable bonds is 4. The van der Waals surface area contributed by atoms with Gasteiger partial charge in [0.15, 0.2) is 5.13 Å². The molecule has 0 saturated carbocycles. The van der Waals surface area contributed by atoms with Crippen LogP contribution in [0.1, 0.15) is 43.1 Å². The molecule has 0 bridgehead atoms. The van der Waals surface area contributed by atoms with Crippen molar-refractivity contribution in [3.8, 4) is 0 Å². The Balaban J connectivity index is 1.89. The van der Waals surface area contributed by atoms with Gasteiger partial charge in [-0.05, 0) is 27.2 Å². The Morgan fingerprint density at radius 1 is 1.45 bits per heavy atom. The van der Waals surface area contributed by atoms with Gasteiger partial charge in [-0.3, -0.25) is 0 Å². The van der Waals surface area contributed by atoms with Crippen molar-refractivity contribution in [2.45, 2.75) is 45.8 Å². The molecular weight excluding hydrogens is 306 g/mol. The van der Waals surface area contributed by atoms with E-state index >= 15 is 0 Å². The van der Waals surface area contributed by atoms with Crippen LogP contribution in [0.3, 0.4) is 0 Å². The molecule has 1 aliphatic heterocycles. The highest BCUT2D eigenvalue weighted by Gasteiger charge is 2.32. The number of aromatic carboxylic acids is 1. The molecule has 0 atom stereocenters. The van der Waals surface area contributed by atoms with E-state index < -0.39 is 17.7 Å². The molecule has 1 saturated heterocycles. The van der Waals surface area contributed by atoms with E-state index in [0.29, 0.717) is 35.2 Å². The molecule has 0 spiro atoms. The highest BCUT2D eigenvalue weighted by Crippen LogP contribution is 2.30. The molecule has 0 aliphatic carbocycles. The summed E-state index contributed by atoms with van der Waals surface area (Å²) in [6, 6.07) is -0.00268. The number of alkyl carbamates (subject to hydrolysis) is 1. The Morgan fingerprint density at radius 3 is 2.55 bits per heavy atom. The van der Waals surface area contributed by atoms with Gasteiger partial charge in [-0.25, -0.2) is 14.6 Å². The molecule has 2 rings (SSSR count). The summed E-state index contributed by atoms with van der Waals surface area (Å²) in [4.78, 5) is 29.4. The van der Waals surface area contributed by atoms with Crippen LogP contribution in [0.2, 0.25) is 0 Å². The smallest absolute Gasteiger partial charge is 0.407 e. The molecular formula is C14H21N3O4S. The van der Waals surface area contributed by atoms with Crippen LogP contribution < -0.4 is 10.2 Å². The molecule has 0 radical (unpaired) electrons. The zero-order valence-electron chi connectivity index (χ0n) is 13.2. The lowest BCUT2D eigenvalue weighted by Gasteiger charge is -2.39. The molecule has 7 nitrogen and oxygen atoms in total. The molecule has 22 heavy (non-hydrogen) atoms. The lowest BCUT2D eigenvalue weighted by molar-refractivity contribution is 0.0495. The first-order valence-electron chi connectivity index (χ1n) is 7.17. The zero-order chi connectivity index (χ0) is 16.5. The van der Waals surface area contributed by atoms with E-state index in [1.165, 1.54) is 11.3 Å². The number of carbonyl (C=O) groups excluding carboxylic acids is 1. The predicted octanol–water partition coefficient (Wildman–Crippen LogP) is 2.12. The molecule has 2 N–H and O–H groups in total. The molecule has 8 heteroatoms. The first-order valence-corrected chi connectivity index (χ1v) is 7.98. The number of carboxylic acids is 1. The molecule has 122 valence electrons. The third-order valence-electron chi connectivity index (χ3n) is 3.09. The van der Waals surface area contributed by atoms with Crippen molar-refractivity contribution in [2.75, 3.05) is 18.0 Å². The van der Waals surface area contributed by atoms with Crippen LogP contribution in [0.15, 0.2) is 0 Å². The number of ether oxygens (including phenoxy) is 1. The number of carbonyl (C=O) groups is 2. The number of carboxylic acid groups (broad SMARTS) is 1. The summed E-state index contributed by atoms with van der Waals surface area (Å²) in [5.41, 5.74) is 0.0888. The van der Waals surface area contributed by atoms with Crippen molar-refractivity contribution in [3.05, 3.63) is 10.6 Å². The van der Waals surface area contributed by atoms with Crippen LogP contribution in [0, 0.1) is 0 Å². The highest BCUT2D eigenvalue weighted by atomic mass is 32.1. The summed E-state index contributed by atoms with van der Waals surface area (Å²) in [6.45, 7) is 8.54. The standard InChI is InChI=1S/C14H21N3O4S/c1-5-9-10(11(18)19)22-12(16-9)17-6-8(7-17)15-13(20)21-14(2,3)4/h8H,5-7H2,1-4H3,(H,15,20)(H,18,19). The minimum Gasteiger partial charge on any atom is -0.477 e. The Bertz CT molecular complexity index is 573. The quantitative estimate of drug-likeness (QED) is 0.880. The maximum absolute atomic E-state index is 11.7. The van der Waals surface area contributed by atoms with Crippen molar-refractivity contribution < 1.29 is 19.4 Å². The van der Waals surface area contributed by atoms with E-state index in [0.717, 1.165) is 0 Å². The van der Waals surface area contributed by atoms with E-state index in [4.69, 9.17) is 9.84 Å². The largest absolute Gasteiger partial charge is 0.477 e. The molecule has 1 fully saturated rings. The first-order chi connectivity index (χ1) is 10.2. The minimum absolute atomic E-state index is 0.00268. The number of anilines is 1. The Morgan fingerprint density at radius 2 is 2.09 bits per heavy atom. The lowest BCUT2D eigenvalue weighted by Crippen LogP contribution is -2.60. The van der Waals surface area contributed by atoms with E-state index in [9.17, 15) is 9.59 Å². The van der Waals surface area contributed by atoms with Crippen molar-refractivity contribution >= 4 is 28.5 Å². The van der Waals surface area contributed by atoms with Gasteiger partial charge in [-0.15, -0.1) is 0 Å². The number of thiazole rings is 1. The molecule has 0 unspecified atom stereocenters. The Labute approximate surface area is 133 Å². The summed E-state index contributed by atoms with van der Waals surface area (Å²) in [6.07, 6.45) is 0.155. The molecule has 1 aromatic heterocycles. The van der Waals surface area contributed by atoms with Crippen molar-refractivity contribution in [3.63, 3.8) is 0 Å². The SMILES string of the molecule is CCc1nc(N2CC(NC(=O)OC(C)(C)C)C2)sc1C(=O)O. The molecule has 1 aliphatic rings. The molecule has 1 aromatic rings. The van der Waals surface area contributed by atoms with Gasteiger partial charge in [0.1, 0.15) is 10.5 Å². The summed E-state index contributed by atoms with van der Waals surface area (Å²) < 4.78 is 5.20. The van der Waals surface area contributed by atoms with Crippen molar-refractivity contribution in [1.29, 1.82) is 0 Å². The van der Waals surface area contributed by atoms with Crippen LogP contribution in [0.25, 0.3) is 0 Å². The minimum atomic E-state index is -0.940. The summed E-state index contributed by atoms with van der Waals surface area (Å²) >= 11 is 1.18. The van der Waals surface area contributed by atoms with E-state index in [1.54, 1.807) is 0 Å². The number of hydrogen-bond acceptors (Lipinski definition) is 6. The number of aryl methyl sites for hydroxylation is 1. The van der Waals surface area contributed by atoms with Crippen LogP contribution in [0.5, 0.6) is 0 Å². The third kappa shape index (κ3) is 3.88. The Kier molecular flexibility index (Phi) is 4.60. The first kappa shape index (κ1) is 16.5. The van der Waals surface area contributed by atoms with E-state index in [-0.39, 0.29) is 6.04 Å². The molecule has 2 heterocycles. The van der Waals surface area contributed by atoms with Gasteiger partial charge in [0.25, 0.3) is 0 Å². The number of aromatic nitrogens is 1. The lowest BCUT2D eigenvalue weighted by atomic mass is 10.1. The maximum atomic E-state index is 11.7.